The number of phenols is 1. The Hall–Kier alpha value is -2.89. The SMILES string of the molecule is Cc1ccc(O)c(NC(=O)CCN2C(=O)CCc3cc(F)ccc32)c1. The minimum atomic E-state index is -0.333. The number of fused-ring (bicyclic) bond motifs is 1. The number of nitrogens with zero attached hydrogens (tertiary/aromatic N) is 1. The van der Waals surface area contributed by atoms with E-state index in [2.05, 4.69) is 5.32 Å². The van der Waals surface area contributed by atoms with Gasteiger partial charge in [0.1, 0.15) is 11.6 Å². The molecular formula is C19H19FN2O3. The molecule has 3 rings (SSSR count). The number of aryl methyl sites for hydroxylation is 2. The van der Waals surface area contributed by atoms with Crippen molar-refractivity contribution >= 4 is 23.2 Å². The fraction of sp³-hybridized carbons (Fsp3) is 0.263. The van der Waals surface area contributed by atoms with Gasteiger partial charge >= 0.3 is 0 Å². The monoisotopic (exact) mass is 342 g/mol. The van der Waals surface area contributed by atoms with Crippen LogP contribution in [0.5, 0.6) is 5.75 Å². The largest absolute Gasteiger partial charge is 0.506 e. The number of nitrogens with one attached hydrogen (secondary N) is 1. The zero-order valence-electron chi connectivity index (χ0n) is 13.9. The number of halogens is 1. The summed E-state index contributed by atoms with van der Waals surface area (Å²) in [6.07, 6.45) is 0.887. The van der Waals surface area contributed by atoms with Crippen molar-refractivity contribution in [3.05, 3.63) is 53.3 Å². The van der Waals surface area contributed by atoms with Crippen molar-refractivity contribution in [3.63, 3.8) is 0 Å². The summed E-state index contributed by atoms with van der Waals surface area (Å²) in [6.45, 7) is 2.06. The first-order valence-electron chi connectivity index (χ1n) is 8.12. The Balaban J connectivity index is 1.68. The van der Waals surface area contributed by atoms with Gasteiger partial charge in [-0.05, 0) is 54.8 Å². The molecule has 0 unspecified atom stereocenters. The maximum Gasteiger partial charge on any atom is 0.227 e. The van der Waals surface area contributed by atoms with Gasteiger partial charge in [-0.3, -0.25) is 9.59 Å². The zero-order chi connectivity index (χ0) is 18.0. The smallest absolute Gasteiger partial charge is 0.227 e. The summed E-state index contributed by atoms with van der Waals surface area (Å²) in [5.41, 5.74) is 2.69. The predicted octanol–water partition coefficient (Wildman–Crippen LogP) is 3.15. The van der Waals surface area contributed by atoms with E-state index in [9.17, 15) is 19.1 Å². The Morgan fingerprint density at radius 1 is 1.24 bits per heavy atom. The normalized spacial score (nSPS) is 13.5. The van der Waals surface area contributed by atoms with Gasteiger partial charge in [0.05, 0.1) is 5.69 Å². The molecule has 0 aromatic heterocycles. The summed E-state index contributed by atoms with van der Waals surface area (Å²) in [7, 11) is 0. The average molecular weight is 342 g/mol. The standard InChI is InChI=1S/C19H19FN2O3/c1-12-2-6-17(23)15(10-12)21-18(24)8-9-22-16-5-4-14(20)11-13(16)3-7-19(22)25/h2,4-6,10-11,23H,3,7-9H2,1H3,(H,21,24). The van der Waals surface area contributed by atoms with E-state index in [1.807, 2.05) is 6.92 Å². The lowest BCUT2D eigenvalue weighted by atomic mass is 10.0. The Labute approximate surface area is 145 Å². The first-order valence-corrected chi connectivity index (χ1v) is 8.12. The van der Waals surface area contributed by atoms with Crippen molar-refractivity contribution in [1.29, 1.82) is 0 Å². The summed E-state index contributed by atoms with van der Waals surface area (Å²) < 4.78 is 13.4. The molecule has 2 amide bonds. The molecule has 0 saturated carbocycles. The van der Waals surface area contributed by atoms with E-state index in [0.717, 1.165) is 11.1 Å². The Morgan fingerprint density at radius 3 is 2.84 bits per heavy atom. The van der Waals surface area contributed by atoms with Crippen LogP contribution in [0.15, 0.2) is 36.4 Å². The third-order valence-corrected chi connectivity index (χ3v) is 4.23. The molecule has 2 aromatic rings. The molecule has 0 atom stereocenters. The Morgan fingerprint density at radius 2 is 2.04 bits per heavy atom. The highest BCUT2D eigenvalue weighted by atomic mass is 19.1. The lowest BCUT2D eigenvalue weighted by Gasteiger charge is -2.29. The molecule has 0 fully saturated rings. The maximum atomic E-state index is 13.4. The number of amides is 2. The predicted molar refractivity (Wildman–Crippen MR) is 93.2 cm³/mol. The second-order valence-electron chi connectivity index (χ2n) is 6.14. The van der Waals surface area contributed by atoms with Gasteiger partial charge in [-0.25, -0.2) is 4.39 Å². The van der Waals surface area contributed by atoms with E-state index in [-0.39, 0.29) is 36.3 Å². The van der Waals surface area contributed by atoms with Gasteiger partial charge in [-0.2, -0.15) is 0 Å². The van der Waals surface area contributed by atoms with Crippen LogP contribution in [0.2, 0.25) is 0 Å². The van der Waals surface area contributed by atoms with Crippen LogP contribution in [0.4, 0.5) is 15.8 Å². The maximum absolute atomic E-state index is 13.4. The Bertz CT molecular complexity index is 835. The van der Waals surface area contributed by atoms with Gasteiger partial charge in [-0.1, -0.05) is 6.07 Å². The molecule has 0 aliphatic carbocycles. The van der Waals surface area contributed by atoms with Crippen LogP contribution >= 0.6 is 0 Å². The number of benzene rings is 2. The van der Waals surface area contributed by atoms with Crippen LogP contribution in [-0.2, 0) is 16.0 Å². The molecule has 6 heteroatoms. The summed E-state index contributed by atoms with van der Waals surface area (Å²) in [6, 6.07) is 9.26. The molecular weight excluding hydrogens is 323 g/mol. The molecule has 2 aromatic carbocycles. The molecule has 0 saturated heterocycles. The van der Waals surface area contributed by atoms with Crippen LogP contribution in [0.25, 0.3) is 0 Å². The van der Waals surface area contributed by atoms with E-state index < -0.39 is 0 Å². The fourth-order valence-corrected chi connectivity index (χ4v) is 2.95. The molecule has 5 nitrogen and oxygen atoms in total. The van der Waals surface area contributed by atoms with Crippen molar-refractivity contribution in [1.82, 2.24) is 0 Å². The van der Waals surface area contributed by atoms with E-state index in [1.165, 1.54) is 23.1 Å². The molecule has 1 heterocycles. The van der Waals surface area contributed by atoms with Gasteiger partial charge in [0, 0.05) is 25.1 Å². The summed E-state index contributed by atoms with van der Waals surface area (Å²) >= 11 is 0. The molecule has 1 aliphatic rings. The highest BCUT2D eigenvalue weighted by Gasteiger charge is 2.24. The topological polar surface area (TPSA) is 69.6 Å². The minimum absolute atomic E-state index is 0.00572. The quantitative estimate of drug-likeness (QED) is 0.839. The number of carbonyl (C=O) groups excluding carboxylic acids is 2. The van der Waals surface area contributed by atoms with Crippen LogP contribution in [0.1, 0.15) is 24.0 Å². The van der Waals surface area contributed by atoms with Gasteiger partial charge in [0.2, 0.25) is 11.8 Å². The molecule has 1 aliphatic heterocycles. The molecule has 25 heavy (non-hydrogen) atoms. The zero-order valence-corrected chi connectivity index (χ0v) is 13.9. The number of carbonyl (C=O) groups is 2. The minimum Gasteiger partial charge on any atom is -0.506 e. The Kier molecular flexibility index (Phi) is 4.70. The van der Waals surface area contributed by atoms with Crippen LogP contribution < -0.4 is 10.2 Å². The van der Waals surface area contributed by atoms with Gasteiger partial charge < -0.3 is 15.3 Å². The van der Waals surface area contributed by atoms with Gasteiger partial charge in [0.25, 0.3) is 0 Å². The first kappa shape index (κ1) is 17.0. The fourth-order valence-electron chi connectivity index (χ4n) is 2.95. The second-order valence-corrected chi connectivity index (χ2v) is 6.14. The third-order valence-electron chi connectivity index (χ3n) is 4.23. The van der Waals surface area contributed by atoms with E-state index in [1.54, 1.807) is 18.2 Å². The molecule has 2 N–H and O–H groups in total. The summed E-state index contributed by atoms with van der Waals surface area (Å²) in [4.78, 5) is 25.9. The number of hydrogen-bond acceptors (Lipinski definition) is 3. The van der Waals surface area contributed by atoms with Gasteiger partial charge in [0.15, 0.2) is 0 Å². The molecule has 0 bridgehead atoms. The summed E-state index contributed by atoms with van der Waals surface area (Å²) in [5, 5.41) is 12.4. The van der Waals surface area contributed by atoms with Crippen LogP contribution in [0.3, 0.4) is 0 Å². The highest BCUT2D eigenvalue weighted by Crippen LogP contribution is 2.29. The number of aromatic hydroxyl groups is 1. The van der Waals surface area contributed by atoms with Crippen molar-refractivity contribution in [3.8, 4) is 5.75 Å². The van der Waals surface area contributed by atoms with E-state index in [0.29, 0.717) is 24.2 Å². The molecule has 0 radical (unpaired) electrons. The number of rotatable bonds is 4. The number of anilines is 2. The first-order chi connectivity index (χ1) is 11.9. The van der Waals surface area contributed by atoms with Crippen molar-refractivity contribution in [2.75, 3.05) is 16.8 Å². The number of phenolic OH excluding ortho intramolecular Hbond substituents is 1. The van der Waals surface area contributed by atoms with Gasteiger partial charge in [-0.15, -0.1) is 0 Å². The van der Waals surface area contributed by atoms with Crippen molar-refractivity contribution < 1.29 is 19.1 Å². The van der Waals surface area contributed by atoms with Crippen molar-refractivity contribution in [2.45, 2.75) is 26.2 Å². The van der Waals surface area contributed by atoms with Crippen LogP contribution in [0, 0.1) is 12.7 Å². The average Bonchev–Trinajstić information content (AvgIpc) is 2.57. The number of hydrogen-bond donors (Lipinski definition) is 2. The lowest BCUT2D eigenvalue weighted by molar-refractivity contribution is -0.119. The van der Waals surface area contributed by atoms with Crippen molar-refractivity contribution in [2.24, 2.45) is 0 Å². The lowest BCUT2D eigenvalue weighted by Crippen LogP contribution is -2.37. The third kappa shape index (κ3) is 3.79. The van der Waals surface area contributed by atoms with E-state index in [4.69, 9.17) is 0 Å². The summed E-state index contributed by atoms with van der Waals surface area (Å²) in [5.74, 6) is -0.720. The second kappa shape index (κ2) is 6.93. The highest BCUT2D eigenvalue weighted by molar-refractivity contribution is 5.98. The van der Waals surface area contributed by atoms with Crippen LogP contribution in [-0.4, -0.2) is 23.5 Å². The molecule has 130 valence electrons. The molecule has 0 spiro atoms. The van der Waals surface area contributed by atoms with E-state index >= 15 is 0 Å².